The molecule has 90 valence electrons. The zero-order valence-electron chi connectivity index (χ0n) is 9.45. The predicted molar refractivity (Wildman–Crippen MR) is 71.9 cm³/mol. The number of anilines is 1. The van der Waals surface area contributed by atoms with Crippen LogP contribution in [0.3, 0.4) is 0 Å². The molecule has 3 nitrogen and oxygen atoms in total. The molecule has 17 heavy (non-hydrogen) atoms. The molecule has 0 fully saturated rings. The lowest BCUT2D eigenvalue weighted by Gasteiger charge is -2.09. The molecule has 0 aliphatic rings. The van der Waals surface area contributed by atoms with Gasteiger partial charge >= 0.3 is 0 Å². The molecule has 0 atom stereocenters. The first-order valence-corrected chi connectivity index (χ1v) is 6.10. The lowest BCUT2D eigenvalue weighted by atomic mass is 10.3. The number of hydrogen-bond acceptors (Lipinski definition) is 2. The fraction of sp³-hybridized carbons (Fsp3) is 0.250. The summed E-state index contributed by atoms with van der Waals surface area (Å²) in [4.78, 5) is 0. The van der Waals surface area contributed by atoms with Gasteiger partial charge in [0.15, 0.2) is 0 Å². The van der Waals surface area contributed by atoms with Gasteiger partial charge in [0.2, 0.25) is 0 Å². The van der Waals surface area contributed by atoms with E-state index in [1.165, 1.54) is 0 Å². The van der Waals surface area contributed by atoms with Crippen molar-refractivity contribution in [2.75, 3.05) is 11.9 Å². The molecule has 1 N–H and O–H groups in total. The Morgan fingerprint density at radius 2 is 2.00 bits per heavy atom. The summed E-state index contributed by atoms with van der Waals surface area (Å²) in [6, 6.07) is 7.67. The Bertz CT molecular complexity index is 508. The molecule has 0 radical (unpaired) electrons. The number of aromatic nitrogens is 2. The van der Waals surface area contributed by atoms with Crippen molar-refractivity contribution < 1.29 is 0 Å². The quantitative estimate of drug-likeness (QED) is 0.919. The molecule has 0 unspecified atom stereocenters. The SMILES string of the molecule is Cc1c(Cl)cnn1CCNc1ccccc1Cl. The molecule has 0 aliphatic carbocycles. The normalized spacial score (nSPS) is 10.5. The van der Waals surface area contributed by atoms with E-state index in [0.717, 1.165) is 29.5 Å². The van der Waals surface area contributed by atoms with Crippen LogP contribution in [-0.2, 0) is 6.54 Å². The summed E-state index contributed by atoms with van der Waals surface area (Å²) >= 11 is 12.0. The number of para-hydroxylation sites is 1. The molecule has 2 aromatic rings. The molecule has 0 bridgehead atoms. The van der Waals surface area contributed by atoms with E-state index in [1.54, 1.807) is 6.20 Å². The lowest BCUT2D eigenvalue weighted by Crippen LogP contribution is -2.12. The van der Waals surface area contributed by atoms with E-state index in [-0.39, 0.29) is 0 Å². The highest BCUT2D eigenvalue weighted by atomic mass is 35.5. The van der Waals surface area contributed by atoms with Crippen molar-refractivity contribution in [3.8, 4) is 0 Å². The molecular formula is C12H13Cl2N3. The largest absolute Gasteiger partial charge is 0.382 e. The first-order chi connectivity index (χ1) is 8.18. The third kappa shape index (κ3) is 2.93. The summed E-state index contributed by atoms with van der Waals surface area (Å²) in [5, 5.41) is 8.86. The van der Waals surface area contributed by atoms with E-state index in [4.69, 9.17) is 23.2 Å². The minimum absolute atomic E-state index is 0.697. The molecule has 5 heteroatoms. The highest BCUT2D eigenvalue weighted by Gasteiger charge is 2.03. The second-order valence-electron chi connectivity index (χ2n) is 3.71. The van der Waals surface area contributed by atoms with E-state index >= 15 is 0 Å². The van der Waals surface area contributed by atoms with Crippen LogP contribution in [0.25, 0.3) is 0 Å². The third-order valence-corrected chi connectivity index (χ3v) is 3.26. The maximum atomic E-state index is 6.04. The molecule has 2 rings (SSSR count). The van der Waals surface area contributed by atoms with Gasteiger partial charge in [-0.2, -0.15) is 5.10 Å². The summed E-state index contributed by atoms with van der Waals surface area (Å²) in [6.07, 6.45) is 1.66. The van der Waals surface area contributed by atoms with Crippen LogP contribution in [0.2, 0.25) is 10.0 Å². The number of nitrogens with zero attached hydrogens (tertiary/aromatic N) is 2. The maximum Gasteiger partial charge on any atom is 0.0814 e. The summed E-state index contributed by atoms with van der Waals surface area (Å²) < 4.78 is 1.87. The molecule has 0 saturated heterocycles. The standard InChI is InChI=1S/C12H13Cl2N3/c1-9-11(14)8-16-17(9)7-6-15-12-5-3-2-4-10(12)13/h2-5,8,15H,6-7H2,1H3. The lowest BCUT2D eigenvalue weighted by molar-refractivity contribution is 0.620. The number of benzene rings is 1. The smallest absolute Gasteiger partial charge is 0.0814 e. The van der Waals surface area contributed by atoms with Crippen molar-refractivity contribution in [2.24, 2.45) is 0 Å². The van der Waals surface area contributed by atoms with Crippen LogP contribution in [0.15, 0.2) is 30.5 Å². The van der Waals surface area contributed by atoms with Gasteiger partial charge in [0.1, 0.15) is 0 Å². The molecule has 0 spiro atoms. The van der Waals surface area contributed by atoms with Crippen molar-refractivity contribution in [2.45, 2.75) is 13.5 Å². The van der Waals surface area contributed by atoms with Gasteiger partial charge in [-0.15, -0.1) is 0 Å². The fourth-order valence-electron chi connectivity index (χ4n) is 1.55. The van der Waals surface area contributed by atoms with Crippen LogP contribution >= 0.6 is 23.2 Å². The van der Waals surface area contributed by atoms with Crippen molar-refractivity contribution in [1.82, 2.24) is 9.78 Å². The Kier molecular flexibility index (Phi) is 3.92. The van der Waals surface area contributed by atoms with E-state index < -0.39 is 0 Å². The number of halogens is 2. The van der Waals surface area contributed by atoms with Gasteiger partial charge in [-0.05, 0) is 19.1 Å². The van der Waals surface area contributed by atoms with Gasteiger partial charge < -0.3 is 5.32 Å². The summed E-state index contributed by atoms with van der Waals surface area (Å²) in [7, 11) is 0. The maximum absolute atomic E-state index is 6.04. The van der Waals surface area contributed by atoms with Crippen molar-refractivity contribution in [3.05, 3.63) is 46.2 Å². The first-order valence-electron chi connectivity index (χ1n) is 5.35. The van der Waals surface area contributed by atoms with Crippen LogP contribution < -0.4 is 5.32 Å². The van der Waals surface area contributed by atoms with Gasteiger partial charge in [0, 0.05) is 6.54 Å². The minimum atomic E-state index is 0.697. The Morgan fingerprint density at radius 1 is 1.24 bits per heavy atom. The number of nitrogens with one attached hydrogen (secondary N) is 1. The molecule has 1 heterocycles. The highest BCUT2D eigenvalue weighted by Crippen LogP contribution is 2.20. The van der Waals surface area contributed by atoms with Gasteiger partial charge in [-0.25, -0.2) is 0 Å². The average Bonchev–Trinajstić information content (AvgIpc) is 2.63. The monoisotopic (exact) mass is 269 g/mol. The second-order valence-corrected chi connectivity index (χ2v) is 4.52. The van der Waals surface area contributed by atoms with Gasteiger partial charge in [-0.1, -0.05) is 35.3 Å². The van der Waals surface area contributed by atoms with E-state index in [0.29, 0.717) is 5.02 Å². The van der Waals surface area contributed by atoms with Crippen LogP contribution in [0.4, 0.5) is 5.69 Å². The Hall–Kier alpha value is -1.19. The zero-order valence-corrected chi connectivity index (χ0v) is 11.0. The highest BCUT2D eigenvalue weighted by molar-refractivity contribution is 6.33. The van der Waals surface area contributed by atoms with Gasteiger partial charge in [0.25, 0.3) is 0 Å². The van der Waals surface area contributed by atoms with Gasteiger partial charge in [0.05, 0.1) is 34.2 Å². The molecule has 0 aliphatic heterocycles. The summed E-state index contributed by atoms with van der Waals surface area (Å²) in [5.74, 6) is 0. The van der Waals surface area contributed by atoms with Crippen molar-refractivity contribution >= 4 is 28.9 Å². The van der Waals surface area contributed by atoms with E-state index in [9.17, 15) is 0 Å². The predicted octanol–water partition coefficient (Wildman–Crippen LogP) is 3.61. The second kappa shape index (κ2) is 5.43. The van der Waals surface area contributed by atoms with Crippen molar-refractivity contribution in [3.63, 3.8) is 0 Å². The molecular weight excluding hydrogens is 257 g/mol. The number of rotatable bonds is 4. The van der Waals surface area contributed by atoms with Crippen molar-refractivity contribution in [1.29, 1.82) is 0 Å². The Balaban J connectivity index is 1.92. The molecule has 0 amide bonds. The fourth-order valence-corrected chi connectivity index (χ4v) is 1.89. The van der Waals surface area contributed by atoms with Crippen LogP contribution in [0.1, 0.15) is 5.69 Å². The minimum Gasteiger partial charge on any atom is -0.382 e. The first kappa shape index (κ1) is 12.3. The van der Waals surface area contributed by atoms with E-state index in [1.807, 2.05) is 35.9 Å². The average molecular weight is 270 g/mol. The molecule has 0 saturated carbocycles. The van der Waals surface area contributed by atoms with E-state index in [2.05, 4.69) is 10.4 Å². The Labute approximate surface area is 110 Å². The topological polar surface area (TPSA) is 29.9 Å². The van der Waals surface area contributed by atoms with Crippen LogP contribution in [-0.4, -0.2) is 16.3 Å². The zero-order chi connectivity index (χ0) is 12.3. The Morgan fingerprint density at radius 3 is 2.65 bits per heavy atom. The molecule has 1 aromatic heterocycles. The molecule has 1 aromatic carbocycles. The summed E-state index contributed by atoms with van der Waals surface area (Å²) in [5.41, 5.74) is 1.91. The number of hydrogen-bond donors (Lipinski definition) is 1. The van der Waals surface area contributed by atoms with Crippen LogP contribution in [0.5, 0.6) is 0 Å². The summed E-state index contributed by atoms with van der Waals surface area (Å²) in [6.45, 7) is 3.46. The third-order valence-electron chi connectivity index (χ3n) is 2.56. The van der Waals surface area contributed by atoms with Gasteiger partial charge in [-0.3, -0.25) is 4.68 Å². The van der Waals surface area contributed by atoms with Crippen LogP contribution in [0, 0.1) is 6.92 Å².